The van der Waals surface area contributed by atoms with Crippen LogP contribution in [0.2, 0.25) is 0 Å². The van der Waals surface area contributed by atoms with Gasteiger partial charge in [0.2, 0.25) is 0 Å². The van der Waals surface area contributed by atoms with E-state index in [-0.39, 0.29) is 16.8 Å². The first-order valence-electron chi connectivity index (χ1n) is 12.3. The van der Waals surface area contributed by atoms with Gasteiger partial charge >= 0.3 is 0 Å². The van der Waals surface area contributed by atoms with E-state index in [9.17, 15) is 9.18 Å². The average Bonchev–Trinajstić information content (AvgIpc) is 2.86. The third kappa shape index (κ3) is 5.54. The van der Waals surface area contributed by atoms with Crippen LogP contribution in [0.25, 0.3) is 11.1 Å². The molecule has 1 aliphatic heterocycles. The van der Waals surface area contributed by atoms with E-state index >= 15 is 0 Å². The molecule has 3 aromatic rings. The number of aryl methyl sites for hydroxylation is 1. The van der Waals surface area contributed by atoms with Crippen LogP contribution in [0.3, 0.4) is 0 Å². The summed E-state index contributed by atoms with van der Waals surface area (Å²) in [7, 11) is 0. The molecule has 0 saturated carbocycles. The average molecular weight is 486 g/mol. The summed E-state index contributed by atoms with van der Waals surface area (Å²) in [4.78, 5) is 28.6. The van der Waals surface area contributed by atoms with Crippen LogP contribution in [-0.2, 0) is 5.41 Å². The van der Waals surface area contributed by atoms with Crippen LogP contribution in [-0.4, -0.2) is 33.9 Å². The third-order valence-electron chi connectivity index (χ3n) is 6.24. The quantitative estimate of drug-likeness (QED) is 0.466. The molecular weight excluding hydrogens is 453 g/mol. The number of nitrogens with zero attached hydrogens (tertiary/aromatic N) is 4. The predicted octanol–water partition coefficient (Wildman–Crippen LogP) is 5.90. The Morgan fingerprint density at radius 3 is 2.56 bits per heavy atom. The highest BCUT2D eigenvalue weighted by atomic mass is 19.1. The van der Waals surface area contributed by atoms with E-state index in [1.165, 1.54) is 18.6 Å². The lowest BCUT2D eigenvalue weighted by molar-refractivity contribution is 0.102. The van der Waals surface area contributed by atoms with Gasteiger partial charge in [0.05, 0.1) is 11.4 Å². The smallest absolute Gasteiger partial charge is 0.274 e. The minimum absolute atomic E-state index is 0.0912. The molecule has 0 bridgehead atoms. The van der Waals surface area contributed by atoms with E-state index < -0.39 is 11.7 Å². The molecule has 1 saturated heterocycles. The van der Waals surface area contributed by atoms with Gasteiger partial charge in [-0.05, 0) is 74.4 Å². The van der Waals surface area contributed by atoms with Crippen molar-refractivity contribution in [3.8, 4) is 23.0 Å². The number of halogens is 1. The maximum absolute atomic E-state index is 14.9. The molecule has 0 unspecified atom stereocenters. The SMILES string of the molecule is CC#Cc1ncc(-c2cc(NC(=O)c3ccnc(C(C)(C)C)n3)c(F)cc2C)cc1N1CCCCC1. The number of benzene rings is 1. The van der Waals surface area contributed by atoms with Gasteiger partial charge in [0.25, 0.3) is 5.91 Å². The molecule has 0 atom stereocenters. The van der Waals surface area contributed by atoms with E-state index in [1.54, 1.807) is 25.4 Å². The fourth-order valence-corrected chi connectivity index (χ4v) is 4.30. The summed E-state index contributed by atoms with van der Waals surface area (Å²) in [6, 6.07) is 6.70. The Balaban J connectivity index is 1.69. The number of nitrogens with one attached hydrogen (secondary N) is 1. The fraction of sp³-hybridized carbons (Fsp3) is 0.379. The van der Waals surface area contributed by atoms with Crippen molar-refractivity contribution in [2.24, 2.45) is 0 Å². The van der Waals surface area contributed by atoms with Gasteiger partial charge < -0.3 is 10.2 Å². The summed E-state index contributed by atoms with van der Waals surface area (Å²) < 4.78 is 14.9. The first kappa shape index (κ1) is 25.3. The minimum atomic E-state index is -0.507. The monoisotopic (exact) mass is 485 g/mol. The third-order valence-corrected chi connectivity index (χ3v) is 6.24. The van der Waals surface area contributed by atoms with Crippen molar-refractivity contribution in [3.05, 3.63) is 65.3 Å². The van der Waals surface area contributed by atoms with E-state index in [2.05, 4.69) is 43.1 Å². The summed E-state index contributed by atoms with van der Waals surface area (Å²) in [5.74, 6) is 5.62. The van der Waals surface area contributed by atoms with Crippen molar-refractivity contribution >= 4 is 17.3 Å². The molecule has 1 N–H and O–H groups in total. The highest BCUT2D eigenvalue weighted by molar-refractivity contribution is 6.03. The second-order valence-electron chi connectivity index (χ2n) is 10.1. The molecule has 6 nitrogen and oxygen atoms in total. The topological polar surface area (TPSA) is 71.0 Å². The standard InChI is InChI=1S/C29H32FN5O/c1-6-10-23-26(35-13-8-7-9-14-35)16-20(18-32-23)21-17-25(22(30)15-19(21)2)33-27(36)24-11-12-31-28(34-24)29(3,4)5/h11-12,15-18H,7-9,13-14H2,1-5H3,(H,33,36). The van der Waals surface area contributed by atoms with E-state index in [1.807, 2.05) is 27.7 Å². The van der Waals surface area contributed by atoms with E-state index in [0.717, 1.165) is 54.0 Å². The maximum Gasteiger partial charge on any atom is 0.274 e. The van der Waals surface area contributed by atoms with Crippen molar-refractivity contribution in [1.29, 1.82) is 0 Å². The van der Waals surface area contributed by atoms with Crippen molar-refractivity contribution in [2.75, 3.05) is 23.3 Å². The molecule has 1 aromatic carbocycles. The number of carbonyl (C=O) groups is 1. The molecule has 1 aliphatic rings. The van der Waals surface area contributed by atoms with E-state index in [4.69, 9.17) is 0 Å². The van der Waals surface area contributed by atoms with Crippen LogP contribution < -0.4 is 10.2 Å². The Morgan fingerprint density at radius 1 is 1.11 bits per heavy atom. The molecule has 1 fully saturated rings. The summed E-state index contributed by atoms with van der Waals surface area (Å²) in [5.41, 5.74) is 4.10. The summed E-state index contributed by atoms with van der Waals surface area (Å²) >= 11 is 0. The molecule has 0 aliphatic carbocycles. The molecule has 4 rings (SSSR count). The van der Waals surface area contributed by atoms with Gasteiger partial charge in [-0.15, -0.1) is 0 Å². The number of amides is 1. The molecule has 36 heavy (non-hydrogen) atoms. The number of anilines is 2. The molecule has 186 valence electrons. The second-order valence-corrected chi connectivity index (χ2v) is 10.1. The maximum atomic E-state index is 14.9. The zero-order valence-corrected chi connectivity index (χ0v) is 21.6. The number of pyridine rings is 1. The Hall–Kier alpha value is -3.79. The lowest BCUT2D eigenvalue weighted by atomic mass is 9.95. The Labute approximate surface area is 212 Å². The zero-order chi connectivity index (χ0) is 25.9. The van der Waals surface area contributed by atoms with Crippen LogP contribution in [0.1, 0.15) is 74.5 Å². The zero-order valence-electron chi connectivity index (χ0n) is 21.6. The number of aromatic nitrogens is 3. The van der Waals surface area contributed by atoms with Gasteiger partial charge in [-0.1, -0.05) is 26.7 Å². The lowest BCUT2D eigenvalue weighted by Crippen LogP contribution is -2.30. The van der Waals surface area contributed by atoms with Crippen LogP contribution in [0.4, 0.5) is 15.8 Å². The van der Waals surface area contributed by atoms with Crippen molar-refractivity contribution in [3.63, 3.8) is 0 Å². The highest BCUT2D eigenvalue weighted by Gasteiger charge is 2.21. The number of hydrogen-bond acceptors (Lipinski definition) is 5. The molecule has 0 spiro atoms. The van der Waals surface area contributed by atoms with Gasteiger partial charge in [0.1, 0.15) is 23.0 Å². The molecule has 1 amide bonds. The molecule has 7 heteroatoms. The van der Waals surface area contributed by atoms with Gasteiger partial charge in [-0.3, -0.25) is 4.79 Å². The summed E-state index contributed by atoms with van der Waals surface area (Å²) in [6.07, 6.45) is 6.80. The van der Waals surface area contributed by atoms with Crippen LogP contribution >= 0.6 is 0 Å². The first-order chi connectivity index (χ1) is 17.2. The van der Waals surface area contributed by atoms with Gasteiger partial charge in [0, 0.05) is 36.5 Å². The normalized spacial score (nSPS) is 13.7. The Morgan fingerprint density at radius 2 is 1.86 bits per heavy atom. The molecular formula is C29H32FN5O. The van der Waals surface area contributed by atoms with Crippen LogP contribution in [0.5, 0.6) is 0 Å². The minimum Gasteiger partial charge on any atom is -0.369 e. The lowest BCUT2D eigenvalue weighted by Gasteiger charge is -2.29. The van der Waals surface area contributed by atoms with Crippen LogP contribution in [0, 0.1) is 24.6 Å². The highest BCUT2D eigenvalue weighted by Crippen LogP contribution is 2.33. The molecule has 0 radical (unpaired) electrons. The largest absolute Gasteiger partial charge is 0.369 e. The van der Waals surface area contributed by atoms with Gasteiger partial charge in [-0.2, -0.15) is 0 Å². The van der Waals surface area contributed by atoms with Gasteiger partial charge in [-0.25, -0.2) is 19.3 Å². The fourth-order valence-electron chi connectivity index (χ4n) is 4.30. The number of rotatable bonds is 4. The number of carbonyl (C=O) groups excluding carboxylic acids is 1. The number of piperidine rings is 1. The Bertz CT molecular complexity index is 1340. The summed E-state index contributed by atoms with van der Waals surface area (Å²) in [5, 5.41) is 2.69. The molecule has 3 heterocycles. The predicted molar refractivity (Wildman–Crippen MR) is 142 cm³/mol. The van der Waals surface area contributed by atoms with Crippen molar-refractivity contribution < 1.29 is 9.18 Å². The number of hydrogen-bond donors (Lipinski definition) is 1. The first-order valence-corrected chi connectivity index (χ1v) is 12.3. The molecule has 2 aromatic heterocycles. The van der Waals surface area contributed by atoms with Crippen LogP contribution in [0.15, 0.2) is 36.7 Å². The van der Waals surface area contributed by atoms with Crippen molar-refractivity contribution in [2.45, 2.75) is 59.3 Å². The van der Waals surface area contributed by atoms with Gasteiger partial charge in [0.15, 0.2) is 0 Å². The van der Waals surface area contributed by atoms with E-state index in [0.29, 0.717) is 5.82 Å². The van der Waals surface area contributed by atoms with Crippen molar-refractivity contribution in [1.82, 2.24) is 15.0 Å². The Kier molecular flexibility index (Phi) is 7.35. The second kappa shape index (κ2) is 10.4. The summed E-state index contributed by atoms with van der Waals surface area (Å²) in [6.45, 7) is 11.5.